The first kappa shape index (κ1) is 86.4. The molecule has 0 aromatic heterocycles. The van der Waals surface area contributed by atoms with Crippen molar-refractivity contribution in [2.24, 2.45) is 29.6 Å². The summed E-state index contributed by atoms with van der Waals surface area (Å²) in [4.78, 5) is 0. The largest absolute Gasteiger partial charge is 0.394 e. The van der Waals surface area contributed by atoms with Gasteiger partial charge in [-0.05, 0) is 95.8 Å². The molecule has 0 rings (SSSR count). The van der Waals surface area contributed by atoms with Crippen LogP contribution in [0.1, 0.15) is 193 Å². The summed E-state index contributed by atoms with van der Waals surface area (Å²) in [5.74, 6) is 2.44. The molecule has 11 heteroatoms. The summed E-state index contributed by atoms with van der Waals surface area (Å²) in [6.07, 6.45) is 3.64. The predicted molar refractivity (Wildman–Crippen MR) is 244 cm³/mol. The predicted octanol–water partition coefficient (Wildman–Crippen LogP) is 8.08. The lowest BCUT2D eigenvalue weighted by Crippen LogP contribution is -2.30. The average Bonchev–Trinajstić information content (AvgIpc) is 2.91. The maximum Gasteiger partial charge on any atom is 0.0851 e. The Morgan fingerprint density at radius 1 is 0.400 bits per heavy atom. The number of aliphatic hydroxyl groups excluding tert-OH is 8. The number of rotatable bonds is 17. The SMILES string of the molecule is C.C.C.C.C.C.CC(C)CC(C)(C)O.CC(C)CC(C)(O)CO.CC(C)CC(O)CO.CC(C)C[C@@H](O)CO.CC(C)C[C@H](O)CO.CCCC(C)(O)CO. The van der Waals surface area contributed by atoms with Crippen molar-refractivity contribution in [2.75, 3.05) is 33.0 Å². The van der Waals surface area contributed by atoms with Crippen LogP contribution >= 0.6 is 0 Å². The van der Waals surface area contributed by atoms with Gasteiger partial charge in [-0.3, -0.25) is 0 Å². The Hall–Kier alpha value is -0.440. The molecule has 0 amide bonds. The van der Waals surface area contributed by atoms with Crippen LogP contribution in [0.15, 0.2) is 0 Å². The van der Waals surface area contributed by atoms with E-state index in [1.165, 1.54) is 0 Å². The summed E-state index contributed by atoms with van der Waals surface area (Å²) >= 11 is 0. The smallest absolute Gasteiger partial charge is 0.0851 e. The second-order valence-electron chi connectivity index (χ2n) is 16.5. The van der Waals surface area contributed by atoms with Gasteiger partial charge in [0.2, 0.25) is 0 Å². The first-order chi connectivity index (χ1) is 22.0. The van der Waals surface area contributed by atoms with E-state index in [1.54, 1.807) is 13.8 Å². The minimum Gasteiger partial charge on any atom is -0.394 e. The zero-order chi connectivity index (χ0) is 40.6. The van der Waals surface area contributed by atoms with E-state index in [4.69, 9.17) is 46.0 Å². The van der Waals surface area contributed by atoms with Crippen LogP contribution in [-0.2, 0) is 0 Å². The molecule has 354 valence electrons. The van der Waals surface area contributed by atoms with Crippen molar-refractivity contribution >= 4 is 0 Å². The van der Waals surface area contributed by atoms with E-state index in [-0.39, 0.29) is 77.6 Å². The molecule has 0 fully saturated rings. The van der Waals surface area contributed by atoms with Crippen LogP contribution < -0.4 is 0 Å². The van der Waals surface area contributed by atoms with Gasteiger partial charge in [0.25, 0.3) is 0 Å². The van der Waals surface area contributed by atoms with Crippen LogP contribution in [0.25, 0.3) is 0 Å². The summed E-state index contributed by atoms with van der Waals surface area (Å²) in [6, 6.07) is 0. The summed E-state index contributed by atoms with van der Waals surface area (Å²) in [5.41, 5.74) is -2.21. The molecule has 0 radical (unpaired) electrons. The van der Waals surface area contributed by atoms with E-state index < -0.39 is 35.1 Å². The number of aliphatic hydroxyl groups is 11. The normalized spacial score (nSPS) is 13.8. The Kier molecular flexibility index (Phi) is 81.0. The molecule has 0 aliphatic rings. The summed E-state index contributed by atoms with van der Waals surface area (Å²) in [5, 5.41) is 95.9. The molecule has 0 aromatic rings. The van der Waals surface area contributed by atoms with Crippen molar-refractivity contribution in [3.05, 3.63) is 0 Å². The fraction of sp³-hybridized carbons (Fsp3) is 1.00. The van der Waals surface area contributed by atoms with Crippen molar-refractivity contribution in [3.63, 3.8) is 0 Å². The molecule has 55 heavy (non-hydrogen) atoms. The summed E-state index contributed by atoms with van der Waals surface area (Å²) in [6.45, 7) is 28.6. The molecule has 0 spiro atoms. The maximum absolute atomic E-state index is 9.24. The fourth-order valence-electron chi connectivity index (χ4n) is 4.42. The summed E-state index contributed by atoms with van der Waals surface area (Å²) in [7, 11) is 0. The fourth-order valence-corrected chi connectivity index (χ4v) is 4.42. The van der Waals surface area contributed by atoms with Crippen molar-refractivity contribution in [3.8, 4) is 0 Å². The Balaban J connectivity index is -0.0000000395. The average molecular weight is 817 g/mol. The van der Waals surface area contributed by atoms with Crippen molar-refractivity contribution in [1.29, 1.82) is 0 Å². The lowest BCUT2D eigenvalue weighted by molar-refractivity contribution is -0.0142. The molecular weight excluding hydrogens is 704 g/mol. The highest BCUT2D eigenvalue weighted by Crippen LogP contribution is 2.15. The van der Waals surface area contributed by atoms with Gasteiger partial charge in [0, 0.05) is 0 Å². The molecule has 0 aliphatic heterocycles. The van der Waals surface area contributed by atoms with Gasteiger partial charge in [-0.25, -0.2) is 0 Å². The van der Waals surface area contributed by atoms with Crippen LogP contribution in [0.4, 0.5) is 0 Å². The molecule has 0 bridgehead atoms. The lowest BCUT2D eigenvalue weighted by atomic mass is 9.95. The van der Waals surface area contributed by atoms with E-state index in [2.05, 4.69) is 13.8 Å². The molecule has 0 aliphatic carbocycles. The highest BCUT2D eigenvalue weighted by atomic mass is 16.3. The molecule has 0 saturated carbocycles. The Bertz CT molecular complexity index is 596. The van der Waals surface area contributed by atoms with Crippen LogP contribution in [-0.4, -0.2) is 124 Å². The second-order valence-corrected chi connectivity index (χ2v) is 16.5. The lowest BCUT2D eigenvalue weighted by Gasteiger charge is -2.21. The molecule has 11 N–H and O–H groups in total. The molecule has 0 aromatic carbocycles. The standard InChI is InChI=1S/C7H16O2.C7H16O.4C6H14O2.6CH4/c1-6(2)4-7(3,9)5-8;1-6(2)5-7(3,4)8;3*1-5(2)3-6(8)4-7;1-3-4-6(2,8)5-7;;;;;;/h6,8-9H,4-5H2,1-3H3;6,8H,5H2,1-4H3;3*5-8H,3-4H2,1-2H3;7-8H,3-5H2,1-2H3;6*1H4/t;;2*6-;;;;;;;;/m..10......../s1. The third-order valence-corrected chi connectivity index (χ3v) is 6.09. The Morgan fingerprint density at radius 3 is 0.691 bits per heavy atom. The first-order valence-corrected chi connectivity index (χ1v) is 18.3. The van der Waals surface area contributed by atoms with E-state index >= 15 is 0 Å². The Labute approximate surface area is 346 Å². The van der Waals surface area contributed by atoms with E-state index in [1.807, 2.05) is 76.2 Å². The van der Waals surface area contributed by atoms with Gasteiger partial charge in [-0.1, -0.05) is 127 Å². The molecule has 11 nitrogen and oxygen atoms in total. The highest BCUT2D eigenvalue weighted by molar-refractivity contribution is 4.72. The van der Waals surface area contributed by atoms with Crippen LogP contribution in [0.2, 0.25) is 0 Å². The molecule has 0 heterocycles. The first-order valence-electron chi connectivity index (χ1n) is 18.3. The monoisotopic (exact) mass is 817 g/mol. The second kappa shape index (κ2) is 51.6. The molecule has 5 atom stereocenters. The quantitative estimate of drug-likeness (QED) is 0.0673. The van der Waals surface area contributed by atoms with Gasteiger partial charge in [0.1, 0.15) is 0 Å². The van der Waals surface area contributed by atoms with Gasteiger partial charge >= 0.3 is 0 Å². The maximum atomic E-state index is 9.24. The number of hydrogen-bond donors (Lipinski definition) is 11. The zero-order valence-electron chi connectivity index (χ0n) is 34.5. The van der Waals surface area contributed by atoms with Crippen LogP contribution in [0, 0.1) is 29.6 Å². The topological polar surface area (TPSA) is 223 Å². The summed E-state index contributed by atoms with van der Waals surface area (Å²) < 4.78 is 0. The van der Waals surface area contributed by atoms with Crippen LogP contribution in [0.3, 0.4) is 0 Å². The molecular formula is C44H112O11. The minimum absolute atomic E-state index is 0. The van der Waals surface area contributed by atoms with E-state index in [0.717, 1.165) is 12.8 Å². The zero-order valence-corrected chi connectivity index (χ0v) is 34.5. The van der Waals surface area contributed by atoms with Crippen LogP contribution in [0.5, 0.6) is 0 Å². The van der Waals surface area contributed by atoms with Crippen molar-refractivity contribution in [2.45, 2.75) is 228 Å². The van der Waals surface area contributed by atoms with Gasteiger partial charge in [-0.15, -0.1) is 0 Å². The van der Waals surface area contributed by atoms with E-state index in [9.17, 15) is 10.2 Å². The van der Waals surface area contributed by atoms with Gasteiger partial charge in [0.05, 0.1) is 68.1 Å². The third-order valence-electron chi connectivity index (χ3n) is 6.09. The van der Waals surface area contributed by atoms with Crippen molar-refractivity contribution in [1.82, 2.24) is 0 Å². The van der Waals surface area contributed by atoms with Gasteiger partial charge in [-0.2, -0.15) is 0 Å². The molecule has 0 saturated heterocycles. The Morgan fingerprint density at radius 2 is 0.636 bits per heavy atom. The highest BCUT2D eigenvalue weighted by Gasteiger charge is 2.19. The van der Waals surface area contributed by atoms with E-state index in [0.29, 0.717) is 61.7 Å². The minimum atomic E-state index is -0.881. The van der Waals surface area contributed by atoms with Crippen molar-refractivity contribution < 1.29 is 56.2 Å². The van der Waals surface area contributed by atoms with Gasteiger partial charge in [0.15, 0.2) is 0 Å². The molecule has 3 unspecified atom stereocenters. The van der Waals surface area contributed by atoms with Gasteiger partial charge < -0.3 is 56.2 Å². The third kappa shape index (κ3) is 101. The number of hydrogen-bond acceptors (Lipinski definition) is 11.